The summed E-state index contributed by atoms with van der Waals surface area (Å²) in [5, 5.41) is 0. The minimum Gasteiger partial charge on any atom is -0.497 e. The topological polar surface area (TPSA) is 72.9 Å². The van der Waals surface area contributed by atoms with Crippen molar-refractivity contribution >= 4 is 21.6 Å². The monoisotopic (exact) mass is 417 g/mol. The summed E-state index contributed by atoms with van der Waals surface area (Å²) in [6.07, 6.45) is 1.34. The summed E-state index contributed by atoms with van der Waals surface area (Å²) < 4.78 is 38.0. The second-order valence-corrected chi connectivity index (χ2v) is 9.36. The molecule has 156 valence electrons. The molecule has 0 saturated carbocycles. The molecule has 0 N–H and O–H groups in total. The number of carbonyl (C=O) groups excluding carboxylic acids is 1. The molecule has 0 amide bonds. The van der Waals surface area contributed by atoms with Gasteiger partial charge < -0.3 is 9.47 Å². The van der Waals surface area contributed by atoms with E-state index in [1.165, 1.54) is 17.6 Å². The van der Waals surface area contributed by atoms with Crippen LogP contribution in [0.3, 0.4) is 0 Å². The quantitative estimate of drug-likeness (QED) is 0.525. The van der Waals surface area contributed by atoms with E-state index >= 15 is 0 Å². The normalized spacial score (nSPS) is 12.4. The highest BCUT2D eigenvalue weighted by Gasteiger charge is 2.33. The number of esters is 1. The van der Waals surface area contributed by atoms with Gasteiger partial charge in [0.2, 0.25) is 0 Å². The van der Waals surface area contributed by atoms with Gasteiger partial charge in [-0.1, -0.05) is 29.8 Å². The fraction of sp³-hybridized carbons (Fsp3) is 0.318. The predicted octanol–water partition coefficient (Wildman–Crippen LogP) is 4.01. The van der Waals surface area contributed by atoms with Gasteiger partial charge in [0.1, 0.15) is 5.75 Å². The zero-order chi connectivity index (χ0) is 21.8. The molecule has 0 bridgehead atoms. The molecule has 0 saturated heterocycles. The average molecular weight is 418 g/mol. The standard InChI is InChI=1S/C22H27NO5S/c1-16-7-13-19(14-8-16)29(25,26)23(22(2,3)4)15-20(21(24)28-6)17-9-11-18(27-5)12-10-17/h7-15H,1-6H3/b20-15+. The number of hydrogen-bond acceptors (Lipinski definition) is 5. The van der Waals surface area contributed by atoms with E-state index in [-0.39, 0.29) is 10.5 Å². The first-order chi connectivity index (χ1) is 13.5. The van der Waals surface area contributed by atoms with E-state index in [1.54, 1.807) is 76.4 Å². The van der Waals surface area contributed by atoms with Crippen molar-refractivity contribution in [3.63, 3.8) is 0 Å². The number of methoxy groups -OCH3 is 2. The Labute approximate surface area is 172 Å². The summed E-state index contributed by atoms with van der Waals surface area (Å²) in [5.74, 6) is -0.0126. The molecule has 0 heterocycles. The summed E-state index contributed by atoms with van der Waals surface area (Å²) in [6, 6.07) is 13.3. The number of sulfonamides is 1. The first kappa shape index (κ1) is 22.5. The maximum Gasteiger partial charge on any atom is 0.339 e. The predicted molar refractivity (Wildman–Crippen MR) is 113 cm³/mol. The number of benzene rings is 2. The van der Waals surface area contributed by atoms with E-state index < -0.39 is 21.5 Å². The van der Waals surface area contributed by atoms with Crippen molar-refractivity contribution in [3.05, 3.63) is 65.9 Å². The van der Waals surface area contributed by atoms with Crippen LogP contribution in [0.2, 0.25) is 0 Å². The minimum atomic E-state index is -3.91. The first-order valence-corrected chi connectivity index (χ1v) is 10.5. The lowest BCUT2D eigenvalue weighted by molar-refractivity contribution is -0.133. The molecule has 0 aliphatic heterocycles. The van der Waals surface area contributed by atoms with E-state index in [1.807, 2.05) is 6.92 Å². The van der Waals surface area contributed by atoms with Crippen LogP contribution < -0.4 is 4.74 Å². The molecular formula is C22H27NO5S. The second kappa shape index (κ2) is 8.69. The van der Waals surface area contributed by atoms with Gasteiger partial charge in [-0.15, -0.1) is 0 Å². The van der Waals surface area contributed by atoms with Crippen LogP contribution in [0.4, 0.5) is 0 Å². The lowest BCUT2D eigenvalue weighted by atomic mass is 10.1. The van der Waals surface area contributed by atoms with Gasteiger partial charge in [-0.05, 0) is 57.5 Å². The molecule has 2 aromatic rings. The summed E-state index contributed by atoms with van der Waals surface area (Å²) in [5.41, 5.74) is 0.775. The molecule has 0 unspecified atom stereocenters. The Morgan fingerprint density at radius 3 is 1.97 bits per heavy atom. The van der Waals surface area contributed by atoms with E-state index in [0.717, 1.165) is 5.56 Å². The lowest BCUT2D eigenvalue weighted by Gasteiger charge is -2.34. The molecule has 2 rings (SSSR count). The maximum atomic E-state index is 13.4. The Bertz CT molecular complexity index is 985. The smallest absolute Gasteiger partial charge is 0.339 e. The Morgan fingerprint density at radius 1 is 0.966 bits per heavy atom. The number of rotatable bonds is 6. The van der Waals surface area contributed by atoms with Crippen molar-refractivity contribution in [2.24, 2.45) is 0 Å². The van der Waals surface area contributed by atoms with E-state index in [0.29, 0.717) is 11.3 Å². The number of nitrogens with zero attached hydrogens (tertiary/aromatic N) is 1. The molecule has 0 aliphatic carbocycles. The number of ether oxygens (including phenoxy) is 2. The van der Waals surface area contributed by atoms with Gasteiger partial charge in [0.15, 0.2) is 0 Å². The van der Waals surface area contributed by atoms with E-state index in [4.69, 9.17) is 9.47 Å². The third kappa shape index (κ3) is 5.17. The van der Waals surface area contributed by atoms with Gasteiger partial charge in [0.05, 0.1) is 24.7 Å². The van der Waals surface area contributed by atoms with Gasteiger partial charge in [-0.25, -0.2) is 13.2 Å². The van der Waals surface area contributed by atoms with Crippen molar-refractivity contribution in [1.82, 2.24) is 4.31 Å². The van der Waals surface area contributed by atoms with Crippen molar-refractivity contribution in [1.29, 1.82) is 0 Å². The van der Waals surface area contributed by atoms with Gasteiger partial charge in [-0.2, -0.15) is 0 Å². The lowest BCUT2D eigenvalue weighted by Crippen LogP contribution is -2.42. The van der Waals surface area contributed by atoms with Gasteiger partial charge in [0.25, 0.3) is 10.0 Å². The molecule has 0 aliphatic rings. The fourth-order valence-corrected chi connectivity index (χ4v) is 4.36. The summed E-state index contributed by atoms with van der Waals surface area (Å²) >= 11 is 0. The molecule has 0 aromatic heterocycles. The van der Waals surface area contributed by atoms with Crippen molar-refractivity contribution in [2.45, 2.75) is 38.1 Å². The van der Waals surface area contributed by atoms with Gasteiger partial charge >= 0.3 is 5.97 Å². The first-order valence-electron chi connectivity index (χ1n) is 9.06. The second-order valence-electron chi connectivity index (χ2n) is 7.55. The molecule has 2 aromatic carbocycles. The van der Waals surface area contributed by atoms with Crippen LogP contribution in [-0.2, 0) is 19.6 Å². The Kier molecular flexibility index (Phi) is 6.74. The van der Waals surface area contributed by atoms with Crippen LogP contribution in [0.25, 0.3) is 5.57 Å². The fourth-order valence-electron chi connectivity index (χ4n) is 2.69. The number of carbonyl (C=O) groups is 1. The largest absolute Gasteiger partial charge is 0.497 e. The highest BCUT2D eigenvalue weighted by molar-refractivity contribution is 7.89. The molecule has 6 nitrogen and oxygen atoms in total. The van der Waals surface area contributed by atoms with Crippen LogP contribution in [0.5, 0.6) is 5.75 Å². The Hall–Kier alpha value is -2.80. The SMILES string of the molecule is COC(=O)/C(=C/N(C(C)(C)C)S(=O)(=O)c1ccc(C)cc1)c1ccc(OC)cc1. The molecule has 29 heavy (non-hydrogen) atoms. The van der Waals surface area contributed by atoms with Crippen molar-refractivity contribution in [3.8, 4) is 5.75 Å². The third-order valence-electron chi connectivity index (χ3n) is 4.29. The van der Waals surface area contributed by atoms with Crippen LogP contribution in [0.1, 0.15) is 31.9 Å². The summed E-state index contributed by atoms with van der Waals surface area (Å²) in [6.45, 7) is 7.17. The van der Waals surface area contributed by atoms with Gasteiger partial charge in [-0.3, -0.25) is 4.31 Å². The van der Waals surface area contributed by atoms with Crippen LogP contribution in [-0.4, -0.2) is 38.5 Å². The van der Waals surface area contributed by atoms with Crippen LogP contribution >= 0.6 is 0 Å². The van der Waals surface area contributed by atoms with Crippen LogP contribution in [0.15, 0.2) is 59.6 Å². The van der Waals surface area contributed by atoms with Crippen molar-refractivity contribution in [2.75, 3.05) is 14.2 Å². The maximum absolute atomic E-state index is 13.4. The Balaban J connectivity index is 2.65. The summed E-state index contributed by atoms with van der Waals surface area (Å²) in [7, 11) is -1.11. The molecule has 0 radical (unpaired) electrons. The number of aryl methyl sites for hydroxylation is 1. The average Bonchev–Trinajstić information content (AvgIpc) is 2.67. The molecule has 7 heteroatoms. The molecular weight excluding hydrogens is 390 g/mol. The highest BCUT2D eigenvalue weighted by Crippen LogP contribution is 2.29. The van der Waals surface area contributed by atoms with Crippen LogP contribution in [0, 0.1) is 6.92 Å². The number of hydrogen-bond donors (Lipinski definition) is 0. The molecule has 0 atom stereocenters. The van der Waals surface area contributed by atoms with Crippen molar-refractivity contribution < 1.29 is 22.7 Å². The van der Waals surface area contributed by atoms with E-state index in [2.05, 4.69) is 0 Å². The zero-order valence-electron chi connectivity index (χ0n) is 17.6. The molecule has 0 fully saturated rings. The Morgan fingerprint density at radius 2 is 1.52 bits per heavy atom. The van der Waals surface area contributed by atoms with E-state index in [9.17, 15) is 13.2 Å². The molecule has 0 spiro atoms. The van der Waals surface area contributed by atoms with Gasteiger partial charge in [0, 0.05) is 11.7 Å². The summed E-state index contributed by atoms with van der Waals surface area (Å²) in [4.78, 5) is 12.6. The third-order valence-corrected chi connectivity index (χ3v) is 6.33. The highest BCUT2D eigenvalue weighted by atomic mass is 32.2. The zero-order valence-corrected chi connectivity index (χ0v) is 18.4. The minimum absolute atomic E-state index is 0.126.